The van der Waals surface area contributed by atoms with E-state index in [1.807, 2.05) is 22.6 Å². The van der Waals surface area contributed by atoms with Crippen LogP contribution in [0.4, 0.5) is 0 Å². The summed E-state index contributed by atoms with van der Waals surface area (Å²) in [5.74, 6) is 1.09. The van der Waals surface area contributed by atoms with Gasteiger partial charge in [0.05, 0.1) is 17.1 Å². The Labute approximate surface area is 139 Å². The molecule has 0 saturated carbocycles. The average molecular weight is 425 g/mol. The molecular weight excluding hydrogens is 414 g/mol. The number of nitrogens with one attached hydrogen (secondary N) is 1. The molecule has 0 atom stereocenters. The Hall–Kier alpha value is -0.860. The number of amides is 1. The van der Waals surface area contributed by atoms with Gasteiger partial charge in [-0.25, -0.2) is 4.98 Å². The normalized spacial score (nSPS) is 10.7. The summed E-state index contributed by atoms with van der Waals surface area (Å²) in [6.45, 7) is 2.11. The Balaban J connectivity index is 2.22. The second-order valence-electron chi connectivity index (χ2n) is 4.25. The van der Waals surface area contributed by atoms with Gasteiger partial charge in [0.2, 0.25) is 0 Å². The number of aromatic amines is 1. The molecule has 106 valence electrons. The number of halogens is 3. The number of nitrogens with zero attached hydrogens (tertiary/aromatic N) is 3. The average Bonchev–Trinajstić information content (AvgIpc) is 2.78. The zero-order valence-electron chi connectivity index (χ0n) is 10.7. The summed E-state index contributed by atoms with van der Waals surface area (Å²) in [5, 5.41) is 7.64. The van der Waals surface area contributed by atoms with Gasteiger partial charge in [0.1, 0.15) is 5.82 Å². The number of hydrogen-bond donors (Lipinski definition) is 1. The highest BCUT2D eigenvalue weighted by Crippen LogP contribution is 2.27. The van der Waals surface area contributed by atoms with E-state index < -0.39 is 0 Å². The van der Waals surface area contributed by atoms with Crippen molar-refractivity contribution >= 4 is 51.7 Å². The minimum Gasteiger partial charge on any atom is -0.334 e. The van der Waals surface area contributed by atoms with E-state index in [1.165, 1.54) is 4.90 Å². The van der Waals surface area contributed by atoms with E-state index in [0.29, 0.717) is 37.4 Å². The monoisotopic (exact) mass is 424 g/mol. The van der Waals surface area contributed by atoms with Crippen LogP contribution in [-0.4, -0.2) is 33.0 Å². The molecule has 1 N–H and O–H groups in total. The van der Waals surface area contributed by atoms with Crippen LogP contribution in [0.1, 0.15) is 22.0 Å². The van der Waals surface area contributed by atoms with E-state index in [0.717, 1.165) is 0 Å². The van der Waals surface area contributed by atoms with Crippen LogP contribution in [0.25, 0.3) is 0 Å². The number of carbonyl (C=O) groups is 1. The van der Waals surface area contributed by atoms with Crippen molar-refractivity contribution in [3.63, 3.8) is 0 Å². The minimum atomic E-state index is -0.179. The molecule has 0 aliphatic carbocycles. The predicted molar refractivity (Wildman–Crippen MR) is 86.1 cm³/mol. The lowest BCUT2D eigenvalue weighted by Crippen LogP contribution is -2.27. The van der Waals surface area contributed by atoms with E-state index in [1.54, 1.807) is 26.1 Å². The number of hydrogen-bond acceptors (Lipinski definition) is 3. The smallest absolute Gasteiger partial charge is 0.255 e. The van der Waals surface area contributed by atoms with Crippen LogP contribution in [0, 0.1) is 10.5 Å². The first-order chi connectivity index (χ1) is 9.38. The van der Waals surface area contributed by atoms with Gasteiger partial charge in [-0.1, -0.05) is 23.2 Å². The molecule has 0 spiro atoms. The lowest BCUT2D eigenvalue weighted by atomic mass is 10.2. The Morgan fingerprint density at radius 3 is 2.75 bits per heavy atom. The van der Waals surface area contributed by atoms with Crippen molar-refractivity contribution < 1.29 is 4.79 Å². The fourth-order valence-corrected chi connectivity index (χ4v) is 2.70. The number of benzene rings is 1. The fraction of sp³-hybridized carbons (Fsp3) is 0.250. The molecule has 0 aliphatic rings. The van der Waals surface area contributed by atoms with Crippen molar-refractivity contribution in [2.45, 2.75) is 13.5 Å². The van der Waals surface area contributed by atoms with Crippen molar-refractivity contribution in [2.75, 3.05) is 7.05 Å². The summed E-state index contributed by atoms with van der Waals surface area (Å²) < 4.78 is 0.677. The van der Waals surface area contributed by atoms with Crippen molar-refractivity contribution in [1.82, 2.24) is 20.1 Å². The molecule has 2 aromatic rings. The largest absolute Gasteiger partial charge is 0.334 e. The number of aromatic nitrogens is 3. The fourth-order valence-electron chi connectivity index (χ4n) is 1.66. The first-order valence-corrected chi connectivity index (χ1v) is 7.50. The zero-order valence-corrected chi connectivity index (χ0v) is 14.4. The quantitative estimate of drug-likeness (QED) is 0.607. The van der Waals surface area contributed by atoms with Gasteiger partial charge in [-0.2, -0.15) is 5.10 Å². The summed E-state index contributed by atoms with van der Waals surface area (Å²) >= 11 is 14.0. The molecule has 0 saturated heterocycles. The summed E-state index contributed by atoms with van der Waals surface area (Å²) in [6, 6.07) is 3.22. The van der Waals surface area contributed by atoms with Crippen LogP contribution in [0.15, 0.2) is 12.1 Å². The number of aryl methyl sites for hydroxylation is 1. The first-order valence-electron chi connectivity index (χ1n) is 5.66. The van der Waals surface area contributed by atoms with E-state index in [2.05, 4.69) is 15.2 Å². The van der Waals surface area contributed by atoms with E-state index in [9.17, 15) is 4.79 Å². The topological polar surface area (TPSA) is 61.9 Å². The molecule has 1 amide bonds. The minimum absolute atomic E-state index is 0.179. The Morgan fingerprint density at radius 2 is 2.15 bits per heavy atom. The van der Waals surface area contributed by atoms with Gasteiger partial charge in [0.25, 0.3) is 5.91 Å². The maximum Gasteiger partial charge on any atom is 0.255 e. The third-order valence-corrected chi connectivity index (χ3v) is 4.59. The van der Waals surface area contributed by atoms with Gasteiger partial charge < -0.3 is 4.90 Å². The van der Waals surface area contributed by atoms with Gasteiger partial charge in [-0.3, -0.25) is 9.89 Å². The third kappa shape index (κ3) is 3.42. The summed E-state index contributed by atoms with van der Waals surface area (Å²) in [6.07, 6.45) is 0. The van der Waals surface area contributed by atoms with Crippen molar-refractivity contribution in [2.24, 2.45) is 0 Å². The van der Waals surface area contributed by atoms with Crippen LogP contribution in [0.2, 0.25) is 10.0 Å². The molecule has 0 radical (unpaired) electrons. The highest BCUT2D eigenvalue weighted by atomic mass is 127. The molecule has 0 aliphatic heterocycles. The highest BCUT2D eigenvalue weighted by molar-refractivity contribution is 14.1. The van der Waals surface area contributed by atoms with Gasteiger partial charge in [0, 0.05) is 15.6 Å². The molecule has 0 unspecified atom stereocenters. The molecule has 0 bridgehead atoms. The van der Waals surface area contributed by atoms with Gasteiger partial charge in [-0.15, -0.1) is 0 Å². The SMILES string of the molecule is Cc1nc(CN(C)C(=O)c2cc(Cl)cc(Cl)c2I)n[nH]1. The second-order valence-corrected chi connectivity index (χ2v) is 6.17. The summed E-state index contributed by atoms with van der Waals surface area (Å²) in [4.78, 5) is 18.1. The molecule has 5 nitrogen and oxygen atoms in total. The Morgan fingerprint density at radius 1 is 1.45 bits per heavy atom. The van der Waals surface area contributed by atoms with Gasteiger partial charge in [-0.05, 0) is 41.6 Å². The molecule has 1 aromatic heterocycles. The molecular formula is C12H11Cl2IN4O. The van der Waals surface area contributed by atoms with E-state index >= 15 is 0 Å². The van der Waals surface area contributed by atoms with Crippen molar-refractivity contribution in [3.8, 4) is 0 Å². The predicted octanol–water partition coefficient (Wildman–Crippen LogP) is 3.30. The number of rotatable bonds is 3. The van der Waals surface area contributed by atoms with Crippen molar-refractivity contribution in [1.29, 1.82) is 0 Å². The van der Waals surface area contributed by atoms with E-state index in [-0.39, 0.29) is 5.91 Å². The molecule has 0 fully saturated rings. The molecule has 8 heteroatoms. The Bertz CT molecular complexity index is 659. The first kappa shape index (κ1) is 15.5. The highest BCUT2D eigenvalue weighted by Gasteiger charge is 2.19. The summed E-state index contributed by atoms with van der Waals surface area (Å²) in [7, 11) is 1.68. The van der Waals surface area contributed by atoms with Crippen LogP contribution >= 0.6 is 45.8 Å². The standard InChI is InChI=1S/C12H11Cl2IN4O/c1-6-16-10(18-17-6)5-19(2)12(20)8-3-7(13)4-9(14)11(8)15/h3-4H,5H2,1-2H3,(H,16,17,18). The molecule has 2 rings (SSSR count). The molecule has 20 heavy (non-hydrogen) atoms. The lowest BCUT2D eigenvalue weighted by Gasteiger charge is -2.17. The maximum atomic E-state index is 12.4. The maximum absolute atomic E-state index is 12.4. The van der Waals surface area contributed by atoms with E-state index in [4.69, 9.17) is 23.2 Å². The van der Waals surface area contributed by atoms with Gasteiger partial charge in [0.15, 0.2) is 5.82 Å². The van der Waals surface area contributed by atoms with Crippen LogP contribution in [0.5, 0.6) is 0 Å². The number of H-pyrrole nitrogens is 1. The lowest BCUT2D eigenvalue weighted by molar-refractivity contribution is 0.0780. The molecule has 1 aromatic carbocycles. The van der Waals surface area contributed by atoms with Gasteiger partial charge >= 0.3 is 0 Å². The third-order valence-electron chi connectivity index (χ3n) is 2.59. The van der Waals surface area contributed by atoms with Crippen LogP contribution in [0.3, 0.4) is 0 Å². The number of carbonyl (C=O) groups excluding carboxylic acids is 1. The summed E-state index contributed by atoms with van der Waals surface area (Å²) in [5.41, 5.74) is 0.470. The van der Waals surface area contributed by atoms with Crippen molar-refractivity contribution in [3.05, 3.63) is 43.0 Å². The van der Waals surface area contributed by atoms with Crippen LogP contribution < -0.4 is 0 Å². The van der Waals surface area contributed by atoms with Crippen LogP contribution in [-0.2, 0) is 6.54 Å². The second kappa shape index (κ2) is 6.28. The zero-order chi connectivity index (χ0) is 14.9. The molecule has 1 heterocycles. The Kier molecular flexibility index (Phi) is 4.87.